The fourth-order valence-corrected chi connectivity index (χ4v) is 6.81. The molecule has 1 aromatic heterocycles. The maximum atomic E-state index is 14.4. The molecule has 0 bridgehead atoms. The van der Waals surface area contributed by atoms with Crippen LogP contribution < -0.4 is 21.7 Å². The monoisotopic (exact) mass is 705 g/mol. The van der Waals surface area contributed by atoms with Crippen molar-refractivity contribution in [3.63, 3.8) is 0 Å². The van der Waals surface area contributed by atoms with E-state index in [1.54, 1.807) is 12.1 Å². The van der Waals surface area contributed by atoms with E-state index in [4.69, 9.17) is 33.7 Å². The van der Waals surface area contributed by atoms with Crippen molar-refractivity contribution in [2.45, 2.75) is 76.6 Å². The van der Waals surface area contributed by atoms with Gasteiger partial charge in [0.2, 0.25) is 17.7 Å². The average Bonchev–Trinajstić information content (AvgIpc) is 3.46. The van der Waals surface area contributed by atoms with Crippen LogP contribution in [0.15, 0.2) is 72.8 Å². The second kappa shape index (κ2) is 15.8. The fraction of sp³-hybridized carbons (Fsp3) is 0.351. The number of fused-ring (bicyclic) bond motifs is 3. The van der Waals surface area contributed by atoms with Crippen molar-refractivity contribution in [2.75, 3.05) is 0 Å². The van der Waals surface area contributed by atoms with E-state index in [1.165, 1.54) is 0 Å². The number of primary amides is 1. The van der Waals surface area contributed by atoms with Crippen LogP contribution in [0.1, 0.15) is 55.5 Å². The van der Waals surface area contributed by atoms with Crippen molar-refractivity contribution in [2.24, 2.45) is 11.7 Å². The molecule has 1 aliphatic rings. The number of hydrogen-bond donors (Lipinski definition) is 5. The zero-order valence-electron chi connectivity index (χ0n) is 27.5. The number of aromatic nitrogens is 1. The summed E-state index contributed by atoms with van der Waals surface area (Å²) in [7, 11) is 0. The van der Waals surface area contributed by atoms with Crippen LogP contribution in [-0.4, -0.2) is 46.4 Å². The van der Waals surface area contributed by atoms with E-state index in [9.17, 15) is 19.2 Å². The SMILES string of the molecule is CC[C@H](C)[C@H](NC(=O)OCc1ccccc1)C(=O)N[C@]1(C(=O)N[C@@H](CCc2ccccc2)C(N)=O)CCc2[nH]c3c(Cl)cc(Cl)cc3c2C1. The maximum absolute atomic E-state index is 14.4. The number of benzene rings is 3. The number of amides is 4. The molecule has 0 aliphatic heterocycles. The lowest BCUT2D eigenvalue weighted by atomic mass is 9.78. The van der Waals surface area contributed by atoms with Gasteiger partial charge in [0.05, 0.1) is 10.5 Å². The Labute approximate surface area is 295 Å². The van der Waals surface area contributed by atoms with Gasteiger partial charge in [-0.25, -0.2) is 4.79 Å². The molecule has 3 aromatic carbocycles. The predicted molar refractivity (Wildman–Crippen MR) is 190 cm³/mol. The summed E-state index contributed by atoms with van der Waals surface area (Å²) in [5.41, 5.74) is 8.39. The molecule has 1 heterocycles. The quantitative estimate of drug-likeness (QED) is 0.120. The summed E-state index contributed by atoms with van der Waals surface area (Å²) in [5.74, 6) is -2.10. The predicted octanol–water partition coefficient (Wildman–Crippen LogP) is 5.76. The molecule has 4 amide bonds. The standard InChI is InChI=1S/C37H41Cl2N5O5/c1-3-22(2)31(43-36(48)49-21-24-12-8-5-9-13-24)34(46)44-37(35(47)42-30(33(40)45)15-14-23-10-6-4-7-11-23)17-16-29-27(20-37)26-18-25(38)19-28(39)32(26)41-29/h4-13,18-19,22,30-31,41H,3,14-17,20-21H2,1-2H3,(H2,40,45)(H,42,47)(H,43,48)(H,44,46)/t22-,30-,31-,37+/m0/s1. The van der Waals surface area contributed by atoms with Gasteiger partial charge in [-0.15, -0.1) is 0 Å². The molecule has 5 rings (SSSR count). The number of rotatable bonds is 13. The summed E-state index contributed by atoms with van der Waals surface area (Å²) < 4.78 is 5.43. The number of carbonyl (C=O) groups excluding carboxylic acids is 4. The first-order valence-electron chi connectivity index (χ1n) is 16.4. The van der Waals surface area contributed by atoms with Gasteiger partial charge in [0.25, 0.3) is 0 Å². The van der Waals surface area contributed by atoms with Crippen molar-refractivity contribution in [1.29, 1.82) is 0 Å². The summed E-state index contributed by atoms with van der Waals surface area (Å²) in [5, 5.41) is 10.2. The number of hydrogen-bond acceptors (Lipinski definition) is 5. The lowest BCUT2D eigenvalue weighted by molar-refractivity contribution is -0.137. The van der Waals surface area contributed by atoms with Crippen molar-refractivity contribution in [1.82, 2.24) is 20.9 Å². The topological polar surface area (TPSA) is 155 Å². The van der Waals surface area contributed by atoms with Crippen LogP contribution in [0.5, 0.6) is 0 Å². The Morgan fingerprint density at radius 3 is 2.31 bits per heavy atom. The minimum Gasteiger partial charge on any atom is -0.445 e. The van der Waals surface area contributed by atoms with Crippen molar-refractivity contribution in [3.05, 3.63) is 105 Å². The van der Waals surface area contributed by atoms with Gasteiger partial charge in [-0.3, -0.25) is 14.4 Å². The van der Waals surface area contributed by atoms with Crippen LogP contribution in [0, 0.1) is 5.92 Å². The van der Waals surface area contributed by atoms with E-state index >= 15 is 0 Å². The normalized spacial score (nSPS) is 17.3. The number of alkyl carbamates (subject to hydrolysis) is 1. The van der Waals surface area contributed by atoms with E-state index in [0.717, 1.165) is 27.8 Å². The van der Waals surface area contributed by atoms with Crippen LogP contribution in [-0.2, 0) is 45.0 Å². The molecular weight excluding hydrogens is 665 g/mol. The molecule has 10 nitrogen and oxygen atoms in total. The first-order valence-corrected chi connectivity index (χ1v) is 17.2. The largest absolute Gasteiger partial charge is 0.445 e. The number of H-pyrrole nitrogens is 1. The fourth-order valence-electron chi connectivity index (χ4n) is 6.27. The number of nitrogens with two attached hydrogens (primary N) is 1. The molecule has 49 heavy (non-hydrogen) atoms. The van der Waals surface area contributed by atoms with Gasteiger partial charge < -0.3 is 31.4 Å². The summed E-state index contributed by atoms with van der Waals surface area (Å²) in [6.07, 6.45) is 1.23. The molecule has 258 valence electrons. The molecule has 12 heteroatoms. The summed E-state index contributed by atoms with van der Waals surface area (Å²) >= 11 is 12.9. The Bertz CT molecular complexity index is 1820. The van der Waals surface area contributed by atoms with Crippen molar-refractivity contribution >= 4 is 57.9 Å². The number of halogens is 2. The summed E-state index contributed by atoms with van der Waals surface area (Å²) in [4.78, 5) is 57.5. The Balaban J connectivity index is 1.43. The summed E-state index contributed by atoms with van der Waals surface area (Å²) in [6.45, 7) is 3.77. The molecule has 0 saturated heterocycles. The number of aryl methyl sites for hydroxylation is 2. The van der Waals surface area contributed by atoms with E-state index in [0.29, 0.717) is 34.8 Å². The highest BCUT2D eigenvalue weighted by atomic mass is 35.5. The van der Waals surface area contributed by atoms with Crippen LogP contribution in [0.3, 0.4) is 0 Å². The van der Waals surface area contributed by atoms with E-state index in [-0.39, 0.29) is 31.8 Å². The lowest BCUT2D eigenvalue weighted by Crippen LogP contribution is -2.66. The van der Waals surface area contributed by atoms with Gasteiger partial charge in [0, 0.05) is 22.5 Å². The zero-order valence-corrected chi connectivity index (χ0v) is 29.0. The molecule has 0 fully saturated rings. The molecule has 4 atom stereocenters. The maximum Gasteiger partial charge on any atom is 0.408 e. The Morgan fingerprint density at radius 1 is 0.980 bits per heavy atom. The highest BCUT2D eigenvalue weighted by Crippen LogP contribution is 2.38. The highest BCUT2D eigenvalue weighted by Gasteiger charge is 2.46. The first-order chi connectivity index (χ1) is 23.5. The Kier molecular flexibility index (Phi) is 11.5. The van der Waals surface area contributed by atoms with Crippen LogP contribution in [0.2, 0.25) is 10.0 Å². The molecule has 6 N–H and O–H groups in total. The van der Waals surface area contributed by atoms with Crippen LogP contribution in [0.25, 0.3) is 10.9 Å². The molecule has 0 spiro atoms. The second-order valence-corrected chi connectivity index (χ2v) is 13.5. The summed E-state index contributed by atoms with van der Waals surface area (Å²) in [6, 6.07) is 20.2. The third kappa shape index (κ3) is 8.55. The van der Waals surface area contributed by atoms with E-state index in [2.05, 4.69) is 20.9 Å². The minimum absolute atomic E-state index is 0.0276. The minimum atomic E-state index is -1.50. The second-order valence-electron chi connectivity index (χ2n) is 12.7. The third-order valence-electron chi connectivity index (χ3n) is 9.29. The number of aromatic amines is 1. The van der Waals surface area contributed by atoms with Gasteiger partial charge >= 0.3 is 6.09 Å². The van der Waals surface area contributed by atoms with Crippen molar-refractivity contribution in [3.8, 4) is 0 Å². The molecule has 1 aliphatic carbocycles. The average molecular weight is 707 g/mol. The van der Waals surface area contributed by atoms with Crippen LogP contribution in [0.4, 0.5) is 4.79 Å². The van der Waals surface area contributed by atoms with Gasteiger partial charge in [0.1, 0.15) is 24.2 Å². The smallest absolute Gasteiger partial charge is 0.408 e. The first kappa shape index (κ1) is 35.8. The third-order valence-corrected chi connectivity index (χ3v) is 9.81. The van der Waals surface area contributed by atoms with E-state index in [1.807, 2.05) is 74.5 Å². The van der Waals surface area contributed by atoms with Gasteiger partial charge in [0.15, 0.2) is 0 Å². The number of carbonyl (C=O) groups is 4. The van der Waals surface area contributed by atoms with Crippen LogP contribution >= 0.6 is 23.2 Å². The highest BCUT2D eigenvalue weighted by molar-refractivity contribution is 6.38. The van der Waals surface area contributed by atoms with Crippen molar-refractivity contribution < 1.29 is 23.9 Å². The van der Waals surface area contributed by atoms with Gasteiger partial charge in [-0.1, -0.05) is 104 Å². The molecule has 0 unspecified atom stereocenters. The molecular formula is C37H41Cl2N5O5. The Hall–Kier alpha value is -4.54. The lowest BCUT2D eigenvalue weighted by Gasteiger charge is -2.39. The molecule has 0 saturated carbocycles. The zero-order chi connectivity index (χ0) is 35.1. The Morgan fingerprint density at radius 2 is 1.65 bits per heavy atom. The molecule has 0 radical (unpaired) electrons. The number of nitrogens with one attached hydrogen (secondary N) is 4. The van der Waals surface area contributed by atoms with E-state index < -0.39 is 41.4 Å². The number of ether oxygens (including phenoxy) is 1. The molecule has 4 aromatic rings. The van der Waals surface area contributed by atoms with Gasteiger partial charge in [-0.05, 0) is 60.4 Å². The van der Waals surface area contributed by atoms with Gasteiger partial charge in [-0.2, -0.15) is 0 Å².